The van der Waals surface area contributed by atoms with Crippen molar-refractivity contribution in [2.24, 2.45) is 0 Å². The molecule has 1 rings (SSSR count). The highest BCUT2D eigenvalue weighted by Gasteiger charge is 2.20. The Labute approximate surface area is 99.8 Å². The fourth-order valence-corrected chi connectivity index (χ4v) is 1.75. The van der Waals surface area contributed by atoms with Crippen molar-refractivity contribution in [3.8, 4) is 0 Å². The topological polar surface area (TPSA) is 9.23 Å². The number of unbranched alkanes of at least 4 members (excludes halogenated alkanes) is 2. The fraction of sp³-hybridized carbons (Fsp3) is 0.600. The van der Waals surface area contributed by atoms with Crippen molar-refractivity contribution in [3.63, 3.8) is 0 Å². The molecule has 0 aliphatic carbocycles. The molecular formula is C15H24O. The molecule has 0 N–H and O–H groups in total. The van der Waals surface area contributed by atoms with Crippen LogP contribution in [0.4, 0.5) is 0 Å². The molecule has 0 atom stereocenters. The van der Waals surface area contributed by atoms with Crippen LogP contribution < -0.4 is 0 Å². The van der Waals surface area contributed by atoms with Crippen LogP contribution in [0.5, 0.6) is 0 Å². The van der Waals surface area contributed by atoms with Gasteiger partial charge in [0.2, 0.25) is 0 Å². The van der Waals surface area contributed by atoms with Gasteiger partial charge in [0.05, 0.1) is 6.61 Å². The van der Waals surface area contributed by atoms with E-state index in [0.717, 1.165) is 13.2 Å². The number of rotatable bonds is 7. The standard InChI is InChI=1S/C15H24O/c1-4-5-9-12-16-13-15(2,3)14-10-7-6-8-11-14/h6-8,10-11H,4-5,9,12-13H2,1-3H3. The van der Waals surface area contributed by atoms with E-state index in [-0.39, 0.29) is 5.41 Å². The Morgan fingerprint density at radius 1 is 1.06 bits per heavy atom. The Kier molecular flexibility index (Phi) is 5.54. The predicted octanol–water partition coefficient (Wildman–Crippen LogP) is 4.17. The highest BCUT2D eigenvalue weighted by molar-refractivity contribution is 5.23. The maximum Gasteiger partial charge on any atom is 0.0557 e. The van der Waals surface area contributed by atoms with E-state index >= 15 is 0 Å². The lowest BCUT2D eigenvalue weighted by atomic mass is 9.86. The van der Waals surface area contributed by atoms with Crippen LogP contribution in [0.1, 0.15) is 45.6 Å². The van der Waals surface area contributed by atoms with Gasteiger partial charge < -0.3 is 4.74 Å². The summed E-state index contributed by atoms with van der Waals surface area (Å²) in [5.74, 6) is 0. The molecule has 1 nitrogen and oxygen atoms in total. The molecule has 0 bridgehead atoms. The minimum atomic E-state index is 0.119. The average molecular weight is 220 g/mol. The second-order valence-electron chi connectivity index (χ2n) is 5.01. The second-order valence-corrected chi connectivity index (χ2v) is 5.01. The van der Waals surface area contributed by atoms with Gasteiger partial charge in [0, 0.05) is 12.0 Å². The van der Waals surface area contributed by atoms with Crippen molar-refractivity contribution in [1.82, 2.24) is 0 Å². The van der Waals surface area contributed by atoms with E-state index in [1.165, 1.54) is 24.8 Å². The molecule has 16 heavy (non-hydrogen) atoms. The number of ether oxygens (including phenoxy) is 1. The summed E-state index contributed by atoms with van der Waals surface area (Å²) in [6, 6.07) is 10.6. The molecule has 0 heterocycles. The zero-order valence-electron chi connectivity index (χ0n) is 10.8. The predicted molar refractivity (Wildman–Crippen MR) is 69.8 cm³/mol. The van der Waals surface area contributed by atoms with Crippen molar-refractivity contribution < 1.29 is 4.74 Å². The van der Waals surface area contributed by atoms with Crippen LogP contribution in [-0.4, -0.2) is 13.2 Å². The summed E-state index contributed by atoms with van der Waals surface area (Å²) in [5, 5.41) is 0. The summed E-state index contributed by atoms with van der Waals surface area (Å²) >= 11 is 0. The first kappa shape index (κ1) is 13.2. The van der Waals surface area contributed by atoms with E-state index in [2.05, 4.69) is 51.1 Å². The van der Waals surface area contributed by atoms with Gasteiger partial charge >= 0.3 is 0 Å². The molecule has 0 saturated heterocycles. The van der Waals surface area contributed by atoms with Gasteiger partial charge in [-0.25, -0.2) is 0 Å². The maximum atomic E-state index is 5.75. The van der Waals surface area contributed by atoms with Crippen LogP contribution in [0.3, 0.4) is 0 Å². The van der Waals surface area contributed by atoms with Crippen molar-refractivity contribution >= 4 is 0 Å². The number of hydrogen-bond acceptors (Lipinski definition) is 1. The highest BCUT2D eigenvalue weighted by Crippen LogP contribution is 2.23. The van der Waals surface area contributed by atoms with E-state index in [1.54, 1.807) is 0 Å². The summed E-state index contributed by atoms with van der Waals surface area (Å²) in [4.78, 5) is 0. The first-order valence-corrected chi connectivity index (χ1v) is 6.30. The minimum absolute atomic E-state index is 0.119. The third-order valence-corrected chi connectivity index (χ3v) is 2.91. The monoisotopic (exact) mass is 220 g/mol. The van der Waals surface area contributed by atoms with Gasteiger partial charge in [0.25, 0.3) is 0 Å². The Bertz CT molecular complexity index is 277. The molecule has 0 aliphatic heterocycles. The van der Waals surface area contributed by atoms with Gasteiger partial charge in [-0.2, -0.15) is 0 Å². The molecule has 1 aromatic carbocycles. The second kappa shape index (κ2) is 6.70. The third kappa shape index (κ3) is 4.36. The zero-order chi connectivity index (χ0) is 11.9. The van der Waals surface area contributed by atoms with E-state index in [1.807, 2.05) is 0 Å². The third-order valence-electron chi connectivity index (χ3n) is 2.91. The van der Waals surface area contributed by atoms with Crippen LogP contribution in [0.25, 0.3) is 0 Å². The Morgan fingerprint density at radius 2 is 1.75 bits per heavy atom. The van der Waals surface area contributed by atoms with Crippen molar-refractivity contribution in [3.05, 3.63) is 35.9 Å². The zero-order valence-corrected chi connectivity index (χ0v) is 10.8. The molecule has 0 unspecified atom stereocenters. The minimum Gasteiger partial charge on any atom is -0.381 e. The van der Waals surface area contributed by atoms with Gasteiger partial charge in [0.1, 0.15) is 0 Å². The smallest absolute Gasteiger partial charge is 0.0557 e. The maximum absolute atomic E-state index is 5.75. The van der Waals surface area contributed by atoms with Crippen LogP contribution in [0.15, 0.2) is 30.3 Å². The first-order chi connectivity index (χ1) is 7.67. The fourth-order valence-electron chi connectivity index (χ4n) is 1.75. The molecule has 0 saturated carbocycles. The van der Waals surface area contributed by atoms with E-state index in [4.69, 9.17) is 4.74 Å². The summed E-state index contributed by atoms with van der Waals surface area (Å²) in [5.41, 5.74) is 1.47. The summed E-state index contributed by atoms with van der Waals surface area (Å²) in [6.45, 7) is 8.39. The quantitative estimate of drug-likeness (QED) is 0.627. The van der Waals surface area contributed by atoms with Gasteiger partial charge in [0.15, 0.2) is 0 Å². The molecule has 0 spiro atoms. The molecule has 0 aromatic heterocycles. The molecule has 0 amide bonds. The lowest BCUT2D eigenvalue weighted by Crippen LogP contribution is -2.24. The van der Waals surface area contributed by atoms with Gasteiger partial charge in [-0.15, -0.1) is 0 Å². The molecule has 0 aliphatic rings. The molecule has 1 aromatic rings. The van der Waals surface area contributed by atoms with Gasteiger partial charge in [-0.1, -0.05) is 63.9 Å². The summed E-state index contributed by atoms with van der Waals surface area (Å²) in [7, 11) is 0. The Hall–Kier alpha value is -0.820. The molecule has 0 radical (unpaired) electrons. The SMILES string of the molecule is CCCCCOCC(C)(C)c1ccccc1. The van der Waals surface area contributed by atoms with E-state index < -0.39 is 0 Å². The van der Waals surface area contributed by atoms with Crippen molar-refractivity contribution in [2.45, 2.75) is 45.4 Å². The van der Waals surface area contributed by atoms with Crippen molar-refractivity contribution in [2.75, 3.05) is 13.2 Å². The van der Waals surface area contributed by atoms with Crippen molar-refractivity contribution in [1.29, 1.82) is 0 Å². The molecule has 0 fully saturated rings. The van der Waals surface area contributed by atoms with Crippen LogP contribution in [0.2, 0.25) is 0 Å². The molecule has 1 heteroatoms. The lowest BCUT2D eigenvalue weighted by Gasteiger charge is -2.25. The van der Waals surface area contributed by atoms with Gasteiger partial charge in [-0.05, 0) is 12.0 Å². The lowest BCUT2D eigenvalue weighted by molar-refractivity contribution is 0.0917. The van der Waals surface area contributed by atoms with Crippen LogP contribution >= 0.6 is 0 Å². The van der Waals surface area contributed by atoms with Crippen LogP contribution in [-0.2, 0) is 10.2 Å². The molecule has 90 valence electrons. The van der Waals surface area contributed by atoms with Gasteiger partial charge in [-0.3, -0.25) is 0 Å². The van der Waals surface area contributed by atoms with Crippen LogP contribution in [0, 0.1) is 0 Å². The summed E-state index contributed by atoms with van der Waals surface area (Å²) in [6.07, 6.45) is 3.71. The van der Waals surface area contributed by atoms with E-state index in [9.17, 15) is 0 Å². The number of hydrogen-bond donors (Lipinski definition) is 0. The Morgan fingerprint density at radius 3 is 2.38 bits per heavy atom. The highest BCUT2D eigenvalue weighted by atomic mass is 16.5. The van der Waals surface area contributed by atoms with E-state index in [0.29, 0.717) is 0 Å². The average Bonchev–Trinajstić information content (AvgIpc) is 2.30. The largest absolute Gasteiger partial charge is 0.381 e. The molecular weight excluding hydrogens is 196 g/mol. The first-order valence-electron chi connectivity index (χ1n) is 6.30. The normalized spacial score (nSPS) is 11.7. The Balaban J connectivity index is 2.35. The number of benzene rings is 1. The summed E-state index contributed by atoms with van der Waals surface area (Å²) < 4.78 is 5.75.